The van der Waals surface area contributed by atoms with Gasteiger partial charge in [0, 0.05) is 19.1 Å². The van der Waals surface area contributed by atoms with Crippen molar-refractivity contribution >= 4 is 28.9 Å². The van der Waals surface area contributed by atoms with E-state index in [-0.39, 0.29) is 12.3 Å². The first-order valence-corrected chi connectivity index (χ1v) is 7.45. The molecule has 0 radical (unpaired) electrons. The fourth-order valence-electron chi connectivity index (χ4n) is 2.21. The monoisotopic (exact) mass is 336 g/mol. The first-order valence-electron chi connectivity index (χ1n) is 7.07. The number of hydrogen-bond donors (Lipinski definition) is 2. The summed E-state index contributed by atoms with van der Waals surface area (Å²) in [5, 5.41) is 13.3. The highest BCUT2D eigenvalue weighted by atomic mass is 35.5. The molecule has 0 bridgehead atoms. The van der Waals surface area contributed by atoms with Crippen LogP contribution in [0.25, 0.3) is 0 Å². The molecule has 4 nitrogen and oxygen atoms in total. The molecule has 0 fully saturated rings. The first kappa shape index (κ1) is 17.2. The number of amides is 1. The molecule has 23 heavy (non-hydrogen) atoms. The average Bonchev–Trinajstić information content (AvgIpc) is 2.46. The number of hydrogen-bond acceptors (Lipinski definition) is 3. The van der Waals surface area contributed by atoms with Crippen LogP contribution < -0.4 is 10.2 Å². The maximum Gasteiger partial charge on any atom is 0.227 e. The lowest BCUT2D eigenvalue weighted by molar-refractivity contribution is -0.118. The number of anilines is 2. The van der Waals surface area contributed by atoms with Gasteiger partial charge in [0.1, 0.15) is 5.82 Å². The minimum atomic E-state index is -1.08. The van der Waals surface area contributed by atoms with Gasteiger partial charge >= 0.3 is 0 Å². The molecule has 0 aromatic heterocycles. The average molecular weight is 337 g/mol. The number of nitrogens with zero attached hydrogens (tertiary/aromatic N) is 1. The van der Waals surface area contributed by atoms with E-state index in [0.717, 1.165) is 5.69 Å². The van der Waals surface area contributed by atoms with Crippen LogP contribution in [0.4, 0.5) is 15.8 Å². The van der Waals surface area contributed by atoms with Crippen molar-refractivity contribution in [3.8, 4) is 0 Å². The SMILES string of the molecule is CN(C)c1ccc(Cl)cc1NC(=O)CC(O)c1cccc(F)c1. The van der Waals surface area contributed by atoms with Crippen LogP contribution in [0, 0.1) is 5.82 Å². The highest BCUT2D eigenvalue weighted by molar-refractivity contribution is 6.31. The third-order valence-corrected chi connectivity index (χ3v) is 3.56. The highest BCUT2D eigenvalue weighted by Gasteiger charge is 2.15. The quantitative estimate of drug-likeness (QED) is 0.877. The number of rotatable bonds is 5. The van der Waals surface area contributed by atoms with Gasteiger partial charge in [0.05, 0.1) is 23.9 Å². The van der Waals surface area contributed by atoms with Crippen LogP contribution in [0.15, 0.2) is 42.5 Å². The van der Waals surface area contributed by atoms with E-state index in [1.54, 1.807) is 24.3 Å². The second-order valence-corrected chi connectivity index (χ2v) is 5.82. The maximum atomic E-state index is 13.2. The lowest BCUT2D eigenvalue weighted by Gasteiger charge is -2.19. The Morgan fingerprint density at radius 2 is 2.04 bits per heavy atom. The Bertz CT molecular complexity index is 707. The van der Waals surface area contributed by atoms with E-state index in [1.165, 1.54) is 18.2 Å². The summed E-state index contributed by atoms with van der Waals surface area (Å²) in [5.74, 6) is -0.834. The summed E-state index contributed by atoms with van der Waals surface area (Å²) >= 11 is 5.96. The van der Waals surface area contributed by atoms with E-state index < -0.39 is 11.9 Å². The van der Waals surface area contributed by atoms with Crippen molar-refractivity contribution in [2.75, 3.05) is 24.3 Å². The summed E-state index contributed by atoms with van der Waals surface area (Å²) in [6.45, 7) is 0. The summed E-state index contributed by atoms with van der Waals surface area (Å²) in [6.07, 6.45) is -1.25. The molecule has 2 rings (SSSR count). The van der Waals surface area contributed by atoms with Crippen LogP contribution in [0.5, 0.6) is 0 Å². The number of carbonyl (C=O) groups is 1. The number of aliphatic hydroxyl groups is 1. The molecular weight excluding hydrogens is 319 g/mol. The fourth-order valence-corrected chi connectivity index (χ4v) is 2.38. The Labute approximate surface area is 139 Å². The standard InChI is InChI=1S/C17H18ClFN2O2/c1-21(2)15-7-6-12(18)9-14(15)20-17(23)10-16(22)11-4-3-5-13(19)8-11/h3-9,16,22H,10H2,1-2H3,(H,20,23). The topological polar surface area (TPSA) is 52.6 Å². The predicted octanol–water partition coefficient (Wildman–Crippen LogP) is 3.61. The summed E-state index contributed by atoms with van der Waals surface area (Å²) < 4.78 is 13.2. The van der Waals surface area contributed by atoms with Gasteiger partial charge in [-0.1, -0.05) is 23.7 Å². The van der Waals surface area contributed by atoms with Crippen molar-refractivity contribution < 1.29 is 14.3 Å². The van der Waals surface area contributed by atoms with E-state index in [4.69, 9.17) is 11.6 Å². The van der Waals surface area contributed by atoms with E-state index in [2.05, 4.69) is 5.32 Å². The molecule has 1 amide bonds. The van der Waals surface area contributed by atoms with Crippen molar-refractivity contribution in [3.05, 3.63) is 58.9 Å². The Hall–Kier alpha value is -2.11. The third-order valence-electron chi connectivity index (χ3n) is 3.33. The summed E-state index contributed by atoms with van der Waals surface area (Å²) in [6, 6.07) is 10.7. The molecule has 0 heterocycles. The Morgan fingerprint density at radius 1 is 1.30 bits per heavy atom. The molecule has 6 heteroatoms. The van der Waals surface area contributed by atoms with Crippen molar-refractivity contribution in [1.82, 2.24) is 0 Å². The largest absolute Gasteiger partial charge is 0.388 e. The highest BCUT2D eigenvalue weighted by Crippen LogP contribution is 2.28. The number of carbonyl (C=O) groups excluding carboxylic acids is 1. The third kappa shape index (κ3) is 4.68. The number of benzene rings is 2. The minimum Gasteiger partial charge on any atom is -0.388 e. The molecule has 2 N–H and O–H groups in total. The zero-order valence-electron chi connectivity index (χ0n) is 12.9. The van der Waals surface area contributed by atoms with Gasteiger partial charge in [-0.05, 0) is 35.9 Å². The molecule has 0 aliphatic heterocycles. The number of nitrogens with one attached hydrogen (secondary N) is 1. The first-order chi connectivity index (χ1) is 10.9. The Morgan fingerprint density at radius 3 is 2.70 bits per heavy atom. The van der Waals surface area contributed by atoms with E-state index >= 15 is 0 Å². The van der Waals surface area contributed by atoms with Gasteiger partial charge < -0.3 is 15.3 Å². The molecule has 0 aliphatic carbocycles. The molecular formula is C17H18ClFN2O2. The van der Waals surface area contributed by atoms with Crippen LogP contribution in [-0.2, 0) is 4.79 Å². The smallest absolute Gasteiger partial charge is 0.227 e. The molecule has 0 saturated carbocycles. The van der Waals surface area contributed by atoms with Crippen LogP contribution in [0.3, 0.4) is 0 Å². The van der Waals surface area contributed by atoms with Gasteiger partial charge in [-0.3, -0.25) is 4.79 Å². The van der Waals surface area contributed by atoms with Crippen LogP contribution >= 0.6 is 11.6 Å². The van der Waals surface area contributed by atoms with Gasteiger partial charge in [-0.25, -0.2) is 4.39 Å². The van der Waals surface area contributed by atoms with Crippen LogP contribution in [0.2, 0.25) is 5.02 Å². The normalized spacial score (nSPS) is 11.9. The van der Waals surface area contributed by atoms with Gasteiger partial charge in [0.15, 0.2) is 0 Å². The summed E-state index contributed by atoms with van der Waals surface area (Å²) in [4.78, 5) is 14.0. The maximum absolute atomic E-state index is 13.2. The van der Waals surface area contributed by atoms with Gasteiger partial charge in [-0.2, -0.15) is 0 Å². The van der Waals surface area contributed by atoms with Gasteiger partial charge in [0.25, 0.3) is 0 Å². The second-order valence-electron chi connectivity index (χ2n) is 5.38. The number of aliphatic hydroxyl groups excluding tert-OH is 1. The van der Waals surface area contributed by atoms with Crippen molar-refractivity contribution in [3.63, 3.8) is 0 Å². The molecule has 1 atom stereocenters. The van der Waals surface area contributed by atoms with Gasteiger partial charge in [0.2, 0.25) is 5.91 Å². The van der Waals surface area contributed by atoms with Crippen molar-refractivity contribution in [1.29, 1.82) is 0 Å². The lowest BCUT2D eigenvalue weighted by Crippen LogP contribution is -2.18. The predicted molar refractivity (Wildman–Crippen MR) is 90.4 cm³/mol. The fraction of sp³-hybridized carbons (Fsp3) is 0.235. The van der Waals surface area contributed by atoms with Gasteiger partial charge in [-0.15, -0.1) is 0 Å². The molecule has 122 valence electrons. The molecule has 0 aliphatic rings. The minimum absolute atomic E-state index is 0.178. The van der Waals surface area contributed by atoms with E-state index in [9.17, 15) is 14.3 Å². The zero-order chi connectivity index (χ0) is 17.0. The van der Waals surface area contributed by atoms with E-state index in [1.807, 2.05) is 19.0 Å². The Balaban J connectivity index is 2.09. The van der Waals surface area contributed by atoms with Crippen molar-refractivity contribution in [2.45, 2.75) is 12.5 Å². The van der Waals surface area contributed by atoms with Crippen LogP contribution in [0.1, 0.15) is 18.1 Å². The van der Waals surface area contributed by atoms with Crippen molar-refractivity contribution in [2.24, 2.45) is 0 Å². The molecule has 1 unspecified atom stereocenters. The summed E-state index contributed by atoms with van der Waals surface area (Å²) in [7, 11) is 3.70. The number of halogens is 2. The lowest BCUT2D eigenvalue weighted by atomic mass is 10.1. The second kappa shape index (κ2) is 7.44. The molecule has 2 aromatic carbocycles. The Kier molecular flexibility index (Phi) is 5.58. The van der Waals surface area contributed by atoms with Crippen LogP contribution in [-0.4, -0.2) is 25.1 Å². The summed E-state index contributed by atoms with van der Waals surface area (Å²) in [5.41, 5.74) is 1.71. The van der Waals surface area contributed by atoms with E-state index in [0.29, 0.717) is 16.3 Å². The zero-order valence-corrected chi connectivity index (χ0v) is 13.6. The molecule has 2 aromatic rings. The molecule has 0 spiro atoms. The molecule has 0 saturated heterocycles.